The lowest BCUT2D eigenvalue weighted by Crippen LogP contribution is -2.31. The Balaban J connectivity index is 2.63. The fourth-order valence-electron chi connectivity index (χ4n) is 3.92. The smallest absolute Gasteiger partial charge is 0.284 e. The Morgan fingerprint density at radius 3 is 1.79 bits per heavy atom. The Bertz CT molecular complexity index is 1390. The molecule has 0 radical (unpaired) electrons. The molecule has 1 amide bonds. The number of hydrogen-bond acceptors (Lipinski definition) is 9. The number of nitrogens with zero attached hydrogens (tertiary/aromatic N) is 6. The van der Waals surface area contributed by atoms with Gasteiger partial charge in [0.05, 0.1) is 32.0 Å². The fraction of sp³-hybridized carbons (Fsp3) is 0.190. The summed E-state index contributed by atoms with van der Waals surface area (Å²) in [5.41, 5.74) is -3.72. The maximum atomic E-state index is 13.3. The zero-order valence-electron chi connectivity index (χ0n) is 17.8. The Labute approximate surface area is 191 Å². The third-order valence-corrected chi connectivity index (χ3v) is 5.39. The summed E-state index contributed by atoms with van der Waals surface area (Å²) in [6.45, 7) is 3.81. The van der Waals surface area contributed by atoms with Crippen LogP contribution in [0.15, 0.2) is 29.8 Å². The molecule has 13 heteroatoms. The number of nitro benzene ring substituents is 3. The Morgan fingerprint density at radius 2 is 1.35 bits per heavy atom. The molecule has 0 unspecified atom stereocenters. The summed E-state index contributed by atoms with van der Waals surface area (Å²) in [6, 6.07) is 6.87. The molecule has 0 saturated heterocycles. The van der Waals surface area contributed by atoms with E-state index in [9.17, 15) is 45.7 Å². The molecule has 170 valence electrons. The van der Waals surface area contributed by atoms with Gasteiger partial charge in [-0.1, -0.05) is 0 Å². The first-order chi connectivity index (χ1) is 16.1. The van der Waals surface area contributed by atoms with Gasteiger partial charge in [0.1, 0.15) is 17.7 Å². The number of carbonyl (C=O) groups is 1. The van der Waals surface area contributed by atoms with Gasteiger partial charge in [-0.15, -0.1) is 0 Å². The van der Waals surface area contributed by atoms with Gasteiger partial charge in [0, 0.05) is 53.6 Å². The van der Waals surface area contributed by atoms with Gasteiger partial charge < -0.3 is 4.90 Å². The molecule has 0 N–H and O–H groups in total. The molecule has 1 aliphatic carbocycles. The molecular weight excluding hydrogens is 448 g/mol. The van der Waals surface area contributed by atoms with Crippen LogP contribution in [-0.2, 0) is 0 Å². The molecule has 0 aliphatic heterocycles. The van der Waals surface area contributed by atoms with Crippen molar-refractivity contribution in [3.8, 4) is 23.3 Å². The van der Waals surface area contributed by atoms with Gasteiger partial charge >= 0.3 is 0 Å². The number of amides is 1. The summed E-state index contributed by atoms with van der Waals surface area (Å²) in [4.78, 5) is 47.1. The van der Waals surface area contributed by atoms with Gasteiger partial charge in [-0.3, -0.25) is 35.1 Å². The molecule has 0 spiro atoms. The molecule has 34 heavy (non-hydrogen) atoms. The second-order valence-electron chi connectivity index (χ2n) is 7.03. The van der Waals surface area contributed by atoms with E-state index in [4.69, 9.17) is 0 Å². The standard InChI is InChI=1S/C21H14N6O7/c1-3-24(4-2)21(28)16-7-12(25(29)30)5-14-18(11(9-22)10-23)15-6-13(26(31)32)8-17(27(33)34)20(15)19(14)16/h5-8H,3-4H2,1-2H3. The Hall–Kier alpha value is -5.17. The van der Waals surface area contributed by atoms with E-state index in [2.05, 4.69) is 0 Å². The van der Waals surface area contributed by atoms with Crippen LogP contribution in [0.4, 0.5) is 17.1 Å². The van der Waals surface area contributed by atoms with Gasteiger partial charge in [0.25, 0.3) is 23.0 Å². The monoisotopic (exact) mass is 462 g/mol. The average Bonchev–Trinajstić information content (AvgIpc) is 3.13. The summed E-state index contributed by atoms with van der Waals surface area (Å²) in [5.74, 6) is -0.666. The van der Waals surface area contributed by atoms with Crippen LogP contribution < -0.4 is 0 Å². The molecule has 2 aromatic rings. The van der Waals surface area contributed by atoms with Crippen molar-refractivity contribution < 1.29 is 19.6 Å². The predicted octanol–water partition coefficient (Wildman–Crippen LogP) is 3.72. The number of nitriles is 2. The van der Waals surface area contributed by atoms with Gasteiger partial charge in [-0.05, 0) is 13.8 Å². The summed E-state index contributed by atoms with van der Waals surface area (Å²) in [5, 5.41) is 54.0. The third kappa shape index (κ3) is 3.57. The Kier molecular flexibility index (Phi) is 6.05. The van der Waals surface area contributed by atoms with Crippen LogP contribution in [0.3, 0.4) is 0 Å². The number of nitro groups is 3. The highest BCUT2D eigenvalue weighted by atomic mass is 16.6. The largest absolute Gasteiger partial charge is 0.339 e. The van der Waals surface area contributed by atoms with Crippen molar-refractivity contribution in [1.29, 1.82) is 10.5 Å². The molecule has 0 aromatic heterocycles. The molecule has 3 rings (SSSR count). The summed E-state index contributed by atoms with van der Waals surface area (Å²) >= 11 is 0. The second kappa shape index (κ2) is 8.76. The van der Waals surface area contributed by atoms with Crippen molar-refractivity contribution in [3.05, 3.63) is 76.9 Å². The minimum atomic E-state index is -0.885. The van der Waals surface area contributed by atoms with E-state index in [0.29, 0.717) is 6.07 Å². The van der Waals surface area contributed by atoms with Gasteiger partial charge in [-0.25, -0.2) is 0 Å². The molecule has 13 nitrogen and oxygen atoms in total. The lowest BCUT2D eigenvalue weighted by molar-refractivity contribution is -0.393. The SMILES string of the molecule is CCN(CC)C(=O)c1cc([N+](=O)[O-])cc2c1-c1c(cc([N+](=O)[O-])cc1[N+](=O)[O-])C2=C(C#N)C#N. The highest BCUT2D eigenvalue weighted by Gasteiger charge is 2.40. The molecule has 0 bridgehead atoms. The molecule has 0 atom stereocenters. The van der Waals surface area contributed by atoms with Crippen LogP contribution >= 0.6 is 0 Å². The normalized spacial score (nSPS) is 11.0. The predicted molar refractivity (Wildman–Crippen MR) is 116 cm³/mol. The van der Waals surface area contributed by atoms with Gasteiger partial charge in [0.2, 0.25) is 0 Å². The molecule has 0 fully saturated rings. The number of non-ortho nitro benzene ring substituents is 2. The number of hydrogen-bond donors (Lipinski definition) is 0. The van der Waals surface area contributed by atoms with Crippen LogP contribution in [-0.4, -0.2) is 38.7 Å². The molecule has 1 aliphatic rings. The first-order valence-electron chi connectivity index (χ1n) is 9.75. The maximum Gasteiger partial charge on any atom is 0.284 e. The van der Waals surface area contributed by atoms with Crippen LogP contribution in [0, 0.1) is 53.0 Å². The zero-order valence-corrected chi connectivity index (χ0v) is 17.8. The van der Waals surface area contributed by atoms with Crippen molar-refractivity contribution in [2.75, 3.05) is 13.1 Å². The van der Waals surface area contributed by atoms with E-state index in [1.807, 2.05) is 0 Å². The van der Waals surface area contributed by atoms with Crippen molar-refractivity contribution in [1.82, 2.24) is 4.90 Å². The molecule has 0 heterocycles. The van der Waals surface area contributed by atoms with Crippen molar-refractivity contribution in [2.24, 2.45) is 0 Å². The highest BCUT2D eigenvalue weighted by molar-refractivity contribution is 6.14. The minimum Gasteiger partial charge on any atom is -0.339 e. The quantitative estimate of drug-likeness (QED) is 0.297. The fourth-order valence-corrected chi connectivity index (χ4v) is 3.92. The van der Waals surface area contributed by atoms with E-state index >= 15 is 0 Å². The number of carbonyl (C=O) groups excluding carboxylic acids is 1. The third-order valence-electron chi connectivity index (χ3n) is 5.39. The average molecular weight is 462 g/mol. The number of fused-ring (bicyclic) bond motifs is 3. The summed E-state index contributed by atoms with van der Waals surface area (Å²) in [7, 11) is 0. The lowest BCUT2D eigenvalue weighted by atomic mass is 9.95. The number of benzene rings is 2. The summed E-state index contributed by atoms with van der Waals surface area (Å²) in [6.07, 6.45) is 0. The van der Waals surface area contributed by atoms with Crippen LogP contribution in [0.5, 0.6) is 0 Å². The number of rotatable bonds is 6. The Morgan fingerprint density at radius 1 is 0.853 bits per heavy atom. The van der Waals surface area contributed by atoms with Crippen molar-refractivity contribution in [3.63, 3.8) is 0 Å². The molecular formula is C21H14N6O7. The van der Waals surface area contributed by atoms with Crippen molar-refractivity contribution >= 4 is 28.5 Å². The topological polar surface area (TPSA) is 197 Å². The number of allylic oxidation sites excluding steroid dienone is 1. The minimum absolute atomic E-state index is 0.0999. The van der Waals surface area contributed by atoms with Gasteiger partial charge in [-0.2, -0.15) is 10.5 Å². The van der Waals surface area contributed by atoms with E-state index < -0.39 is 43.3 Å². The van der Waals surface area contributed by atoms with Gasteiger partial charge in [0.15, 0.2) is 0 Å². The van der Waals surface area contributed by atoms with Crippen LogP contribution in [0.25, 0.3) is 16.7 Å². The van der Waals surface area contributed by atoms with E-state index in [-0.39, 0.29) is 46.5 Å². The van der Waals surface area contributed by atoms with Crippen LogP contribution in [0.1, 0.15) is 35.3 Å². The van der Waals surface area contributed by atoms with E-state index in [1.165, 1.54) is 4.90 Å². The molecule has 2 aromatic carbocycles. The molecule has 0 saturated carbocycles. The lowest BCUT2D eigenvalue weighted by Gasteiger charge is -2.20. The first kappa shape index (κ1) is 23.5. The maximum absolute atomic E-state index is 13.3. The van der Waals surface area contributed by atoms with Crippen molar-refractivity contribution in [2.45, 2.75) is 13.8 Å². The van der Waals surface area contributed by atoms with Crippen LogP contribution in [0.2, 0.25) is 0 Å². The van der Waals surface area contributed by atoms with E-state index in [1.54, 1.807) is 26.0 Å². The second-order valence-corrected chi connectivity index (χ2v) is 7.03. The highest BCUT2D eigenvalue weighted by Crippen LogP contribution is 2.53. The summed E-state index contributed by atoms with van der Waals surface area (Å²) < 4.78 is 0. The first-order valence-corrected chi connectivity index (χ1v) is 9.75. The van der Waals surface area contributed by atoms with E-state index in [0.717, 1.165) is 18.2 Å². The zero-order chi connectivity index (χ0) is 25.3.